The number of carbonyl (C=O) groups is 1. The standard InChI is InChI=1S/C13H20N2O2/c1-9(14-3)11-7-5-6-8-12(11)17-10(2)13(16)15-4/h5-10,14H,1-4H3,(H,15,16). The Kier molecular flexibility index (Phi) is 4.97. The van der Waals surface area contributed by atoms with Crippen LogP contribution in [0.1, 0.15) is 25.5 Å². The Morgan fingerprint density at radius 3 is 2.47 bits per heavy atom. The van der Waals surface area contributed by atoms with Crippen LogP contribution in [-0.2, 0) is 4.79 Å². The lowest BCUT2D eigenvalue weighted by Gasteiger charge is -2.19. The maximum absolute atomic E-state index is 11.4. The van der Waals surface area contributed by atoms with Crippen molar-refractivity contribution >= 4 is 5.91 Å². The lowest BCUT2D eigenvalue weighted by atomic mass is 10.1. The average molecular weight is 236 g/mol. The van der Waals surface area contributed by atoms with Gasteiger partial charge < -0.3 is 15.4 Å². The van der Waals surface area contributed by atoms with Crippen LogP contribution in [0.15, 0.2) is 24.3 Å². The molecule has 4 nitrogen and oxygen atoms in total. The Morgan fingerprint density at radius 2 is 1.88 bits per heavy atom. The summed E-state index contributed by atoms with van der Waals surface area (Å²) in [5.41, 5.74) is 1.05. The summed E-state index contributed by atoms with van der Waals surface area (Å²) in [6.07, 6.45) is -0.495. The molecule has 2 atom stereocenters. The van der Waals surface area contributed by atoms with E-state index in [1.807, 2.05) is 38.2 Å². The van der Waals surface area contributed by atoms with Crippen molar-refractivity contribution in [2.45, 2.75) is 26.0 Å². The molecule has 0 radical (unpaired) electrons. The highest BCUT2D eigenvalue weighted by atomic mass is 16.5. The zero-order valence-electron chi connectivity index (χ0n) is 10.8. The predicted molar refractivity (Wildman–Crippen MR) is 68.1 cm³/mol. The molecule has 1 rings (SSSR count). The summed E-state index contributed by atoms with van der Waals surface area (Å²) in [7, 11) is 3.49. The molecule has 0 saturated carbocycles. The summed E-state index contributed by atoms with van der Waals surface area (Å²) in [6, 6.07) is 7.91. The molecule has 0 heterocycles. The highest BCUT2D eigenvalue weighted by Gasteiger charge is 2.16. The summed E-state index contributed by atoms with van der Waals surface area (Å²) in [5, 5.41) is 5.73. The first-order valence-electron chi connectivity index (χ1n) is 5.74. The van der Waals surface area contributed by atoms with E-state index in [9.17, 15) is 4.79 Å². The van der Waals surface area contributed by atoms with E-state index >= 15 is 0 Å². The number of para-hydroxylation sites is 1. The number of rotatable bonds is 5. The molecular formula is C13H20N2O2. The van der Waals surface area contributed by atoms with Crippen LogP contribution in [0.4, 0.5) is 0 Å². The monoisotopic (exact) mass is 236 g/mol. The molecule has 0 aliphatic heterocycles. The molecule has 0 aromatic heterocycles. The minimum absolute atomic E-state index is 0.128. The van der Waals surface area contributed by atoms with E-state index in [1.165, 1.54) is 0 Å². The van der Waals surface area contributed by atoms with Crippen LogP contribution in [0.5, 0.6) is 5.75 Å². The molecule has 2 unspecified atom stereocenters. The van der Waals surface area contributed by atoms with Crippen molar-refractivity contribution in [3.63, 3.8) is 0 Å². The number of amides is 1. The van der Waals surface area contributed by atoms with Gasteiger partial charge in [0.05, 0.1) is 0 Å². The fourth-order valence-corrected chi connectivity index (χ4v) is 1.55. The number of hydrogen-bond donors (Lipinski definition) is 2. The minimum atomic E-state index is -0.495. The van der Waals surface area contributed by atoms with Gasteiger partial charge in [0.1, 0.15) is 5.75 Å². The molecule has 4 heteroatoms. The molecule has 0 aliphatic carbocycles. The van der Waals surface area contributed by atoms with Gasteiger partial charge in [0.15, 0.2) is 6.10 Å². The van der Waals surface area contributed by atoms with Crippen LogP contribution in [-0.4, -0.2) is 26.1 Å². The van der Waals surface area contributed by atoms with E-state index < -0.39 is 6.10 Å². The van der Waals surface area contributed by atoms with E-state index in [4.69, 9.17) is 4.74 Å². The summed E-state index contributed by atoms with van der Waals surface area (Å²) < 4.78 is 5.67. The number of likely N-dealkylation sites (N-methyl/N-ethyl adjacent to an activating group) is 1. The zero-order valence-corrected chi connectivity index (χ0v) is 10.8. The van der Waals surface area contributed by atoms with Crippen LogP contribution in [0, 0.1) is 0 Å². The van der Waals surface area contributed by atoms with Crippen LogP contribution in [0.2, 0.25) is 0 Å². The topological polar surface area (TPSA) is 50.4 Å². The summed E-state index contributed by atoms with van der Waals surface area (Å²) in [5.74, 6) is 0.613. The molecule has 0 fully saturated rings. The van der Waals surface area contributed by atoms with Gasteiger partial charge in [-0.1, -0.05) is 18.2 Å². The molecular weight excluding hydrogens is 216 g/mol. The molecule has 2 N–H and O–H groups in total. The first-order valence-corrected chi connectivity index (χ1v) is 5.74. The number of ether oxygens (including phenoxy) is 1. The first-order chi connectivity index (χ1) is 8.10. The second kappa shape index (κ2) is 6.25. The van der Waals surface area contributed by atoms with Gasteiger partial charge in [-0.05, 0) is 27.0 Å². The molecule has 1 amide bonds. The van der Waals surface area contributed by atoms with Crippen molar-refractivity contribution in [1.82, 2.24) is 10.6 Å². The number of carbonyl (C=O) groups excluding carboxylic acids is 1. The maximum Gasteiger partial charge on any atom is 0.260 e. The number of hydrogen-bond acceptors (Lipinski definition) is 3. The highest BCUT2D eigenvalue weighted by Crippen LogP contribution is 2.25. The van der Waals surface area contributed by atoms with E-state index in [-0.39, 0.29) is 11.9 Å². The third-order valence-electron chi connectivity index (χ3n) is 2.74. The lowest BCUT2D eigenvalue weighted by molar-refractivity contribution is -0.126. The highest BCUT2D eigenvalue weighted by molar-refractivity contribution is 5.80. The summed E-state index contributed by atoms with van der Waals surface area (Å²) >= 11 is 0. The van der Waals surface area contributed by atoms with Crippen molar-refractivity contribution < 1.29 is 9.53 Å². The van der Waals surface area contributed by atoms with Crippen LogP contribution in [0.3, 0.4) is 0 Å². The lowest BCUT2D eigenvalue weighted by Crippen LogP contribution is -2.34. The van der Waals surface area contributed by atoms with Gasteiger partial charge in [-0.15, -0.1) is 0 Å². The molecule has 1 aromatic carbocycles. The molecule has 0 bridgehead atoms. The van der Waals surface area contributed by atoms with Gasteiger partial charge in [0, 0.05) is 18.7 Å². The second-order valence-electron chi connectivity index (χ2n) is 3.92. The van der Waals surface area contributed by atoms with Gasteiger partial charge in [-0.25, -0.2) is 0 Å². The van der Waals surface area contributed by atoms with E-state index in [0.717, 1.165) is 11.3 Å². The third kappa shape index (κ3) is 3.46. The molecule has 0 aliphatic rings. The fraction of sp³-hybridized carbons (Fsp3) is 0.462. The molecule has 94 valence electrons. The first kappa shape index (κ1) is 13.5. The Labute approximate surface area is 102 Å². The van der Waals surface area contributed by atoms with E-state index in [1.54, 1.807) is 14.0 Å². The second-order valence-corrected chi connectivity index (χ2v) is 3.92. The van der Waals surface area contributed by atoms with Gasteiger partial charge in [-0.2, -0.15) is 0 Å². The van der Waals surface area contributed by atoms with Crippen LogP contribution in [0.25, 0.3) is 0 Å². The van der Waals surface area contributed by atoms with Crippen molar-refractivity contribution in [2.75, 3.05) is 14.1 Å². The van der Waals surface area contributed by atoms with Gasteiger partial charge in [0.25, 0.3) is 5.91 Å². The molecule has 17 heavy (non-hydrogen) atoms. The van der Waals surface area contributed by atoms with E-state index in [2.05, 4.69) is 10.6 Å². The summed E-state index contributed by atoms with van der Waals surface area (Å²) in [6.45, 7) is 3.78. The van der Waals surface area contributed by atoms with Gasteiger partial charge in [-0.3, -0.25) is 4.79 Å². The average Bonchev–Trinajstić information content (AvgIpc) is 2.37. The Bertz CT molecular complexity index is 379. The van der Waals surface area contributed by atoms with Crippen molar-refractivity contribution in [2.24, 2.45) is 0 Å². The number of benzene rings is 1. The summed E-state index contributed by atoms with van der Waals surface area (Å²) in [4.78, 5) is 11.4. The van der Waals surface area contributed by atoms with Gasteiger partial charge in [0.2, 0.25) is 0 Å². The van der Waals surface area contributed by atoms with E-state index in [0.29, 0.717) is 0 Å². The Morgan fingerprint density at radius 1 is 1.24 bits per heavy atom. The molecule has 0 saturated heterocycles. The normalized spacial score (nSPS) is 13.9. The Balaban J connectivity index is 2.87. The fourth-order valence-electron chi connectivity index (χ4n) is 1.55. The van der Waals surface area contributed by atoms with Crippen LogP contribution < -0.4 is 15.4 Å². The van der Waals surface area contributed by atoms with Crippen molar-refractivity contribution in [1.29, 1.82) is 0 Å². The Hall–Kier alpha value is -1.55. The molecule has 0 spiro atoms. The smallest absolute Gasteiger partial charge is 0.260 e. The molecule has 1 aromatic rings. The SMILES string of the molecule is CNC(=O)C(C)Oc1ccccc1C(C)NC. The van der Waals surface area contributed by atoms with Gasteiger partial charge >= 0.3 is 0 Å². The van der Waals surface area contributed by atoms with Crippen molar-refractivity contribution in [3.8, 4) is 5.75 Å². The quantitative estimate of drug-likeness (QED) is 0.814. The predicted octanol–water partition coefficient (Wildman–Crippen LogP) is 1.48. The van der Waals surface area contributed by atoms with Crippen LogP contribution >= 0.6 is 0 Å². The minimum Gasteiger partial charge on any atom is -0.481 e. The maximum atomic E-state index is 11.4. The zero-order chi connectivity index (χ0) is 12.8. The largest absolute Gasteiger partial charge is 0.481 e. The van der Waals surface area contributed by atoms with Crippen molar-refractivity contribution in [3.05, 3.63) is 29.8 Å². The third-order valence-corrected chi connectivity index (χ3v) is 2.74. The number of nitrogens with one attached hydrogen (secondary N) is 2.